The van der Waals surface area contributed by atoms with Crippen molar-refractivity contribution in [3.05, 3.63) is 59.7 Å². The van der Waals surface area contributed by atoms with E-state index in [2.05, 4.69) is 23.1 Å². The largest absolute Gasteiger partial charge is 0.496 e. The summed E-state index contributed by atoms with van der Waals surface area (Å²) in [7, 11) is 1.75. The van der Waals surface area contributed by atoms with Crippen molar-refractivity contribution in [3.63, 3.8) is 0 Å². The van der Waals surface area contributed by atoms with Crippen molar-refractivity contribution in [2.45, 2.75) is 50.1 Å². The highest BCUT2D eigenvalue weighted by Gasteiger charge is 2.40. The zero-order chi connectivity index (χ0) is 22.6. The van der Waals surface area contributed by atoms with Crippen LogP contribution in [0.3, 0.4) is 0 Å². The van der Waals surface area contributed by atoms with Crippen LogP contribution in [0.5, 0.6) is 11.5 Å². The van der Waals surface area contributed by atoms with Gasteiger partial charge in [-0.3, -0.25) is 0 Å². The molecule has 1 saturated heterocycles. The highest BCUT2D eigenvalue weighted by Crippen LogP contribution is 2.49. The summed E-state index contributed by atoms with van der Waals surface area (Å²) in [5.74, 6) is 1.89. The van der Waals surface area contributed by atoms with Crippen molar-refractivity contribution in [2.75, 3.05) is 33.4 Å². The van der Waals surface area contributed by atoms with Crippen molar-refractivity contribution in [2.24, 2.45) is 5.92 Å². The van der Waals surface area contributed by atoms with Crippen molar-refractivity contribution in [1.82, 2.24) is 4.90 Å². The second kappa shape index (κ2) is 9.74. The van der Waals surface area contributed by atoms with Gasteiger partial charge in [0.1, 0.15) is 11.5 Å². The summed E-state index contributed by atoms with van der Waals surface area (Å²) in [6, 6.07) is 13.4. The molecule has 2 aromatic rings. The van der Waals surface area contributed by atoms with Gasteiger partial charge >= 0.3 is 6.18 Å². The summed E-state index contributed by atoms with van der Waals surface area (Å²) < 4.78 is 49.6. The Hall–Kier alpha value is -2.21. The van der Waals surface area contributed by atoms with Crippen LogP contribution in [0.2, 0.25) is 0 Å². The average molecular weight is 448 g/mol. The first kappa shape index (κ1) is 23.0. The fraction of sp³-hybridized carbons (Fsp3) is 0.538. The van der Waals surface area contributed by atoms with E-state index in [-0.39, 0.29) is 5.41 Å². The lowest BCUT2D eigenvalue weighted by atomic mass is 9.62. The molecular weight excluding hydrogens is 415 g/mol. The standard InChI is InChI=1S/C26H32F3NO2/c1-31-24-8-3-2-7-23(24)25(13-5-14-25)15-17-30-16-4-6-20(18-30)19-32-22-11-9-21(10-12-22)26(27,28)29/h2-3,7-12,20H,4-6,13-19H2,1H3/t20-/m0/s1. The normalized spacial score (nSPS) is 21.1. The molecule has 0 spiro atoms. The van der Waals surface area contributed by atoms with Gasteiger partial charge in [0.2, 0.25) is 0 Å². The van der Waals surface area contributed by atoms with Gasteiger partial charge in [0.05, 0.1) is 19.3 Å². The van der Waals surface area contributed by atoms with Crippen molar-refractivity contribution >= 4 is 0 Å². The van der Waals surface area contributed by atoms with Gasteiger partial charge in [-0.1, -0.05) is 24.6 Å². The number of halogens is 3. The molecule has 0 N–H and O–H groups in total. The number of hydrogen-bond acceptors (Lipinski definition) is 3. The Morgan fingerprint density at radius 1 is 1.03 bits per heavy atom. The molecule has 0 unspecified atom stereocenters. The van der Waals surface area contributed by atoms with Crippen LogP contribution < -0.4 is 9.47 Å². The second-order valence-corrected chi connectivity index (χ2v) is 9.23. The number of benzene rings is 2. The van der Waals surface area contributed by atoms with Crippen LogP contribution in [0.15, 0.2) is 48.5 Å². The number of hydrogen-bond donors (Lipinski definition) is 0. The molecule has 174 valence electrons. The Bertz CT molecular complexity index is 877. The third kappa shape index (κ3) is 5.22. The number of nitrogens with zero attached hydrogens (tertiary/aromatic N) is 1. The lowest BCUT2D eigenvalue weighted by molar-refractivity contribution is -0.137. The maximum absolute atomic E-state index is 12.7. The topological polar surface area (TPSA) is 21.7 Å². The van der Waals surface area contributed by atoms with Gasteiger partial charge in [-0.05, 0) is 75.5 Å². The molecule has 2 aromatic carbocycles. The average Bonchev–Trinajstić information content (AvgIpc) is 2.77. The SMILES string of the molecule is COc1ccccc1C1(CCN2CCC[C@H](COc3ccc(C(F)(F)F)cc3)C2)CCC1. The van der Waals surface area contributed by atoms with Crippen LogP contribution >= 0.6 is 0 Å². The maximum atomic E-state index is 12.7. The Kier molecular flexibility index (Phi) is 6.99. The number of rotatable bonds is 8. The van der Waals surface area contributed by atoms with Gasteiger partial charge < -0.3 is 14.4 Å². The number of ether oxygens (including phenoxy) is 2. The number of alkyl halides is 3. The first-order valence-corrected chi connectivity index (χ1v) is 11.6. The zero-order valence-electron chi connectivity index (χ0n) is 18.7. The number of likely N-dealkylation sites (tertiary alicyclic amines) is 1. The van der Waals surface area contributed by atoms with E-state index in [4.69, 9.17) is 9.47 Å². The van der Waals surface area contributed by atoms with Crippen molar-refractivity contribution in [1.29, 1.82) is 0 Å². The van der Waals surface area contributed by atoms with Gasteiger partial charge in [0.25, 0.3) is 0 Å². The lowest BCUT2D eigenvalue weighted by Gasteiger charge is -2.45. The summed E-state index contributed by atoms with van der Waals surface area (Å²) in [6.07, 6.45) is 2.71. The van der Waals surface area contributed by atoms with Crippen LogP contribution in [-0.2, 0) is 11.6 Å². The molecular formula is C26H32F3NO2. The van der Waals surface area contributed by atoms with Crippen LogP contribution in [-0.4, -0.2) is 38.3 Å². The third-order valence-electron chi connectivity index (χ3n) is 7.17. The number of methoxy groups -OCH3 is 1. The summed E-state index contributed by atoms with van der Waals surface area (Å²) in [4.78, 5) is 2.53. The van der Waals surface area contributed by atoms with Crippen LogP contribution in [0.4, 0.5) is 13.2 Å². The van der Waals surface area contributed by atoms with Gasteiger partial charge in [0.15, 0.2) is 0 Å². The maximum Gasteiger partial charge on any atom is 0.416 e. The van der Waals surface area contributed by atoms with E-state index in [1.54, 1.807) is 7.11 Å². The Labute approximate surface area is 188 Å². The highest BCUT2D eigenvalue weighted by atomic mass is 19.4. The van der Waals surface area contributed by atoms with Gasteiger partial charge in [0, 0.05) is 23.4 Å². The molecule has 1 saturated carbocycles. The quantitative estimate of drug-likeness (QED) is 0.473. The lowest BCUT2D eigenvalue weighted by Crippen LogP contribution is -2.43. The summed E-state index contributed by atoms with van der Waals surface area (Å²) in [5.41, 5.74) is 0.914. The molecule has 3 nitrogen and oxygen atoms in total. The predicted octanol–water partition coefficient (Wildman–Crippen LogP) is 6.32. The minimum Gasteiger partial charge on any atom is -0.496 e. The first-order valence-electron chi connectivity index (χ1n) is 11.6. The minimum absolute atomic E-state index is 0.219. The van der Waals surface area contributed by atoms with Gasteiger partial charge in [-0.25, -0.2) is 0 Å². The fourth-order valence-corrected chi connectivity index (χ4v) is 5.16. The molecule has 0 amide bonds. The van der Waals surface area contributed by atoms with Crippen LogP contribution in [0, 0.1) is 5.92 Å². The molecule has 1 aliphatic carbocycles. The fourth-order valence-electron chi connectivity index (χ4n) is 5.16. The summed E-state index contributed by atoms with van der Waals surface area (Å²) >= 11 is 0. The van der Waals surface area contributed by atoms with Gasteiger partial charge in [-0.15, -0.1) is 0 Å². The molecule has 0 radical (unpaired) electrons. The van der Waals surface area contributed by atoms with Crippen molar-refractivity contribution < 1.29 is 22.6 Å². The molecule has 1 aliphatic heterocycles. The van der Waals surface area contributed by atoms with E-state index >= 15 is 0 Å². The zero-order valence-corrected chi connectivity index (χ0v) is 18.7. The van der Waals surface area contributed by atoms with Crippen LogP contribution in [0.1, 0.15) is 49.7 Å². The predicted molar refractivity (Wildman–Crippen MR) is 119 cm³/mol. The van der Waals surface area contributed by atoms with E-state index in [9.17, 15) is 13.2 Å². The minimum atomic E-state index is -4.32. The molecule has 0 aromatic heterocycles. The van der Waals surface area contributed by atoms with E-state index in [0.29, 0.717) is 18.3 Å². The molecule has 0 bridgehead atoms. The molecule has 2 fully saturated rings. The number of piperidine rings is 1. The molecule has 32 heavy (non-hydrogen) atoms. The smallest absolute Gasteiger partial charge is 0.416 e. The molecule has 6 heteroatoms. The molecule has 1 heterocycles. The second-order valence-electron chi connectivity index (χ2n) is 9.23. The highest BCUT2D eigenvalue weighted by molar-refractivity contribution is 5.41. The van der Waals surface area contributed by atoms with E-state index in [0.717, 1.165) is 56.8 Å². The molecule has 1 atom stereocenters. The van der Waals surface area contributed by atoms with E-state index < -0.39 is 11.7 Å². The van der Waals surface area contributed by atoms with Crippen LogP contribution in [0.25, 0.3) is 0 Å². The Balaban J connectivity index is 1.29. The molecule has 4 rings (SSSR count). The summed E-state index contributed by atoms with van der Waals surface area (Å²) in [5, 5.41) is 0. The van der Waals surface area contributed by atoms with Crippen molar-refractivity contribution in [3.8, 4) is 11.5 Å². The first-order chi connectivity index (χ1) is 15.4. The van der Waals surface area contributed by atoms with E-state index in [1.165, 1.54) is 37.0 Å². The third-order valence-corrected chi connectivity index (χ3v) is 7.17. The Morgan fingerprint density at radius 3 is 2.44 bits per heavy atom. The van der Waals surface area contributed by atoms with E-state index in [1.807, 2.05) is 6.07 Å². The Morgan fingerprint density at radius 2 is 1.78 bits per heavy atom. The number of para-hydroxylation sites is 1. The summed E-state index contributed by atoms with van der Waals surface area (Å²) in [6.45, 7) is 3.66. The van der Waals surface area contributed by atoms with Gasteiger partial charge in [-0.2, -0.15) is 13.2 Å². The molecule has 2 aliphatic rings. The monoisotopic (exact) mass is 447 g/mol.